The number of nitrogens with two attached hydrogens (primary N) is 1. The molecule has 10 heteroatoms. The summed E-state index contributed by atoms with van der Waals surface area (Å²) in [5, 5.41) is 10.3. The third-order valence-electron chi connectivity index (χ3n) is 4.27. The normalized spacial score (nSPS) is 14.6. The van der Waals surface area contributed by atoms with E-state index in [1.807, 2.05) is 24.3 Å². The van der Waals surface area contributed by atoms with Gasteiger partial charge in [-0.25, -0.2) is 4.39 Å². The van der Waals surface area contributed by atoms with Gasteiger partial charge in [-0.1, -0.05) is 12.2 Å². The van der Waals surface area contributed by atoms with E-state index in [9.17, 15) is 17.6 Å². The van der Waals surface area contributed by atoms with Gasteiger partial charge in [0, 0.05) is 53.0 Å². The van der Waals surface area contributed by atoms with Crippen molar-refractivity contribution in [3.8, 4) is 0 Å². The minimum Gasteiger partial charge on any atom is -0.383 e. The predicted molar refractivity (Wildman–Crippen MR) is 112 cm³/mol. The van der Waals surface area contributed by atoms with Crippen molar-refractivity contribution in [1.29, 1.82) is 0 Å². The highest BCUT2D eigenvalue weighted by Crippen LogP contribution is 2.42. The average molecular weight is 420 g/mol. The number of benzene rings is 2. The number of rotatable bonds is 4. The first-order valence-corrected chi connectivity index (χ1v) is 10.6. The van der Waals surface area contributed by atoms with Crippen LogP contribution in [0.3, 0.4) is 0 Å². The molecule has 6 N–H and O–H groups in total. The van der Waals surface area contributed by atoms with Gasteiger partial charge in [0.15, 0.2) is 0 Å². The molecule has 154 valence electrons. The van der Waals surface area contributed by atoms with Crippen molar-refractivity contribution >= 4 is 43.9 Å². The van der Waals surface area contributed by atoms with Gasteiger partial charge in [0.1, 0.15) is 5.82 Å². The van der Waals surface area contributed by atoms with Crippen LogP contribution in [0.4, 0.5) is 15.8 Å². The molecule has 2 heterocycles. The second kappa shape index (κ2) is 8.19. The summed E-state index contributed by atoms with van der Waals surface area (Å²) >= 11 is 0. The number of hydrogen-bond acceptors (Lipinski definition) is 6. The van der Waals surface area contributed by atoms with E-state index in [0.29, 0.717) is 53.6 Å². The first-order chi connectivity index (χ1) is 13.7. The molecule has 2 aromatic rings. The van der Waals surface area contributed by atoms with Crippen molar-refractivity contribution in [2.24, 2.45) is 5.73 Å². The fraction of sp³-hybridized carbons (Fsp3) is 0.211. The maximum absolute atomic E-state index is 14.5. The van der Waals surface area contributed by atoms with Gasteiger partial charge in [0.2, 0.25) is 0 Å². The lowest BCUT2D eigenvalue weighted by atomic mass is 9.95. The number of allylic oxidation sites excluding steroid dienone is 2. The van der Waals surface area contributed by atoms with E-state index in [1.165, 1.54) is 6.07 Å². The molecule has 0 aromatic heterocycles. The SMILES string of the molecule is CS(=O)(=O)O.NCCNc1cc(C2=CC=CCN2)c2c3c(ccc(F)c13)NC2=O. The van der Waals surface area contributed by atoms with Crippen molar-refractivity contribution in [2.75, 3.05) is 36.5 Å². The number of carbonyl (C=O) groups is 1. The fourth-order valence-electron chi connectivity index (χ4n) is 3.25. The van der Waals surface area contributed by atoms with Gasteiger partial charge in [-0.3, -0.25) is 9.35 Å². The molecule has 0 atom stereocenters. The number of amides is 1. The largest absolute Gasteiger partial charge is 0.383 e. The standard InChI is InChI=1S/C18H17FN4O.CH4O3S/c19-11-4-5-13-17-15(18(24)23-13)10(12-3-1-2-7-21-12)9-14(16(11)17)22-8-6-20;1-5(2,3)4/h1-5,9,21-22H,6-8,20H2,(H,23,24);1H3,(H,2,3,4). The molecular formula is C19H21FN4O4S. The van der Waals surface area contributed by atoms with Crippen LogP contribution in [0.2, 0.25) is 0 Å². The van der Waals surface area contributed by atoms with Crippen LogP contribution < -0.4 is 21.7 Å². The molecule has 4 rings (SSSR count). The number of carbonyl (C=O) groups excluding carboxylic acids is 1. The Kier molecular flexibility index (Phi) is 5.87. The summed E-state index contributed by atoms with van der Waals surface area (Å²) in [6, 6.07) is 4.80. The van der Waals surface area contributed by atoms with Gasteiger partial charge < -0.3 is 21.7 Å². The Labute approximate surface area is 167 Å². The van der Waals surface area contributed by atoms with E-state index in [2.05, 4.69) is 16.0 Å². The fourth-order valence-corrected chi connectivity index (χ4v) is 3.25. The second-order valence-corrected chi connectivity index (χ2v) is 7.95. The van der Waals surface area contributed by atoms with E-state index in [-0.39, 0.29) is 11.7 Å². The second-order valence-electron chi connectivity index (χ2n) is 6.48. The third-order valence-corrected chi connectivity index (χ3v) is 4.27. The summed E-state index contributed by atoms with van der Waals surface area (Å²) in [6.07, 6.45) is 6.56. The zero-order chi connectivity index (χ0) is 21.2. The highest BCUT2D eigenvalue weighted by Gasteiger charge is 2.29. The molecule has 2 aromatic carbocycles. The number of hydrogen-bond donors (Lipinski definition) is 5. The van der Waals surface area contributed by atoms with Gasteiger partial charge in [0.05, 0.1) is 11.8 Å². The van der Waals surface area contributed by atoms with Crippen LogP contribution in [0.5, 0.6) is 0 Å². The first-order valence-electron chi connectivity index (χ1n) is 8.78. The van der Waals surface area contributed by atoms with Gasteiger partial charge in [0.25, 0.3) is 16.0 Å². The highest BCUT2D eigenvalue weighted by atomic mass is 32.2. The molecule has 0 aliphatic carbocycles. The molecule has 29 heavy (non-hydrogen) atoms. The molecule has 0 saturated heterocycles. The molecule has 0 spiro atoms. The molecular weight excluding hydrogens is 399 g/mol. The van der Waals surface area contributed by atoms with Gasteiger partial charge >= 0.3 is 0 Å². The quantitative estimate of drug-likeness (QED) is 0.477. The number of anilines is 2. The van der Waals surface area contributed by atoms with Crippen LogP contribution in [0.25, 0.3) is 16.5 Å². The smallest absolute Gasteiger partial charge is 0.261 e. The molecule has 0 fully saturated rings. The third kappa shape index (κ3) is 4.56. The van der Waals surface area contributed by atoms with Crippen molar-refractivity contribution in [2.45, 2.75) is 0 Å². The van der Waals surface area contributed by atoms with Crippen molar-refractivity contribution in [3.63, 3.8) is 0 Å². The topological polar surface area (TPSA) is 134 Å². The summed E-state index contributed by atoms with van der Waals surface area (Å²) in [6.45, 7) is 1.64. The molecule has 8 nitrogen and oxygen atoms in total. The van der Waals surface area contributed by atoms with Gasteiger partial charge in [-0.2, -0.15) is 8.42 Å². The Balaban J connectivity index is 0.000000431. The lowest BCUT2D eigenvalue weighted by Gasteiger charge is -2.18. The van der Waals surface area contributed by atoms with Crippen LogP contribution in [-0.4, -0.2) is 44.8 Å². The van der Waals surface area contributed by atoms with Crippen LogP contribution in [-0.2, 0) is 10.1 Å². The summed E-state index contributed by atoms with van der Waals surface area (Å²) in [7, 11) is -3.67. The molecule has 2 aliphatic rings. The highest BCUT2D eigenvalue weighted by molar-refractivity contribution is 7.85. The van der Waals surface area contributed by atoms with Crippen LogP contribution >= 0.6 is 0 Å². The summed E-state index contributed by atoms with van der Waals surface area (Å²) in [5.41, 5.74) is 8.96. The molecule has 0 radical (unpaired) electrons. The lowest BCUT2D eigenvalue weighted by Crippen LogP contribution is -2.18. The van der Waals surface area contributed by atoms with E-state index in [4.69, 9.17) is 10.3 Å². The van der Waals surface area contributed by atoms with Crippen LogP contribution in [0, 0.1) is 5.82 Å². The Morgan fingerprint density at radius 2 is 2.03 bits per heavy atom. The zero-order valence-electron chi connectivity index (χ0n) is 15.6. The Morgan fingerprint density at radius 1 is 1.31 bits per heavy atom. The molecule has 0 saturated carbocycles. The average Bonchev–Trinajstić information content (AvgIpc) is 2.99. The maximum Gasteiger partial charge on any atom is 0.261 e. The van der Waals surface area contributed by atoms with Crippen LogP contribution in [0.1, 0.15) is 15.9 Å². The van der Waals surface area contributed by atoms with E-state index < -0.39 is 10.1 Å². The van der Waals surface area contributed by atoms with Crippen molar-refractivity contribution in [3.05, 3.63) is 53.4 Å². The lowest BCUT2D eigenvalue weighted by molar-refractivity contribution is 0.103. The van der Waals surface area contributed by atoms with Gasteiger partial charge in [-0.05, 0) is 24.3 Å². The predicted octanol–water partition coefficient (Wildman–Crippen LogP) is 1.92. The minimum atomic E-state index is -3.67. The zero-order valence-corrected chi connectivity index (χ0v) is 16.4. The molecule has 1 amide bonds. The first kappa shape index (κ1) is 20.8. The summed E-state index contributed by atoms with van der Waals surface area (Å²) in [5.74, 6) is -0.568. The summed E-state index contributed by atoms with van der Waals surface area (Å²) < 4.78 is 40.4. The van der Waals surface area contributed by atoms with Crippen molar-refractivity contribution < 1.29 is 22.2 Å². The Hall–Kier alpha value is -2.95. The maximum atomic E-state index is 14.5. The van der Waals surface area contributed by atoms with Crippen molar-refractivity contribution in [1.82, 2.24) is 5.32 Å². The Morgan fingerprint density at radius 3 is 2.66 bits per heavy atom. The molecule has 0 bridgehead atoms. The monoisotopic (exact) mass is 420 g/mol. The van der Waals surface area contributed by atoms with E-state index >= 15 is 0 Å². The van der Waals surface area contributed by atoms with Gasteiger partial charge in [-0.15, -0.1) is 0 Å². The molecule has 0 unspecified atom stereocenters. The van der Waals surface area contributed by atoms with E-state index in [0.717, 1.165) is 11.3 Å². The minimum absolute atomic E-state index is 0.210. The molecule has 2 aliphatic heterocycles. The van der Waals surface area contributed by atoms with Crippen LogP contribution in [0.15, 0.2) is 36.4 Å². The van der Waals surface area contributed by atoms with E-state index in [1.54, 1.807) is 6.07 Å². The number of nitrogens with one attached hydrogen (secondary N) is 3. The summed E-state index contributed by atoms with van der Waals surface area (Å²) in [4.78, 5) is 12.5. The number of dihydropyridines is 1. The Bertz CT molecular complexity index is 1130. The number of halogens is 1.